The Hall–Kier alpha value is -2.70. The van der Waals surface area contributed by atoms with Gasteiger partial charge in [0.15, 0.2) is 11.8 Å². The fourth-order valence-electron chi connectivity index (χ4n) is 4.08. The van der Waals surface area contributed by atoms with Crippen LogP contribution in [-0.2, 0) is 26.6 Å². The van der Waals surface area contributed by atoms with Crippen LogP contribution in [0.25, 0.3) is 0 Å². The number of nitrogens with one attached hydrogen (secondary N) is 2. The van der Waals surface area contributed by atoms with Crippen molar-refractivity contribution >= 4 is 29.9 Å². The number of rotatable bonds is 4. The van der Waals surface area contributed by atoms with Gasteiger partial charge in [-0.05, 0) is 19.4 Å². The highest BCUT2D eigenvalue weighted by Gasteiger charge is 2.25. The van der Waals surface area contributed by atoms with E-state index in [4.69, 9.17) is 9.73 Å². The second-order valence-electron chi connectivity index (χ2n) is 8.00. The standard InChI is InChI=1S/C21H27N9O.HI/c1-14-27-28-20(29(14)2)11-22-21(25-15-7-8-19-23-13-24-30(19)12-15)26-17-9-10-31-18-6-4-3-5-16(17)18;/h3-6,13,15,17H,7-12H2,1-2H3,(H2,22,25,26);1H. The third kappa shape index (κ3) is 4.71. The van der Waals surface area contributed by atoms with Gasteiger partial charge in [0.2, 0.25) is 0 Å². The minimum absolute atomic E-state index is 0. The Kier molecular flexibility index (Phi) is 6.92. The summed E-state index contributed by atoms with van der Waals surface area (Å²) in [7, 11) is 1.96. The van der Waals surface area contributed by atoms with E-state index < -0.39 is 0 Å². The normalized spacial score (nSPS) is 19.9. The van der Waals surface area contributed by atoms with E-state index in [0.717, 1.165) is 60.6 Å². The van der Waals surface area contributed by atoms with Crippen LogP contribution in [0.2, 0.25) is 0 Å². The number of hydrogen-bond donors (Lipinski definition) is 2. The molecular formula is C21H28IN9O. The molecule has 3 aromatic rings. The van der Waals surface area contributed by atoms with Gasteiger partial charge >= 0.3 is 0 Å². The first-order valence-electron chi connectivity index (χ1n) is 10.7. The van der Waals surface area contributed by atoms with E-state index in [0.29, 0.717) is 13.2 Å². The minimum Gasteiger partial charge on any atom is -0.493 e. The van der Waals surface area contributed by atoms with Gasteiger partial charge in [0.25, 0.3) is 0 Å². The number of aryl methyl sites for hydroxylation is 2. The van der Waals surface area contributed by atoms with Crippen molar-refractivity contribution in [3.05, 3.63) is 53.6 Å². The van der Waals surface area contributed by atoms with Gasteiger partial charge in [-0.25, -0.2) is 14.7 Å². The summed E-state index contributed by atoms with van der Waals surface area (Å²) in [5.41, 5.74) is 1.15. The summed E-state index contributed by atoms with van der Waals surface area (Å²) in [5, 5.41) is 20.0. The average molecular weight is 549 g/mol. The highest BCUT2D eigenvalue weighted by molar-refractivity contribution is 14.0. The molecule has 0 radical (unpaired) electrons. The molecule has 0 spiro atoms. The molecule has 11 heteroatoms. The SMILES string of the molecule is Cc1nnc(CN=C(NC2CCc3ncnn3C2)NC2CCOc3ccccc32)n1C.I. The number of benzene rings is 1. The predicted octanol–water partition coefficient (Wildman–Crippen LogP) is 1.91. The molecule has 5 rings (SSSR count). The average Bonchev–Trinajstić information content (AvgIpc) is 3.38. The number of guanidine groups is 1. The third-order valence-electron chi connectivity index (χ3n) is 5.98. The van der Waals surface area contributed by atoms with Crippen LogP contribution in [-0.4, -0.2) is 48.1 Å². The number of hydrogen-bond acceptors (Lipinski definition) is 6. The van der Waals surface area contributed by atoms with Crippen molar-refractivity contribution < 1.29 is 4.74 Å². The molecule has 0 bridgehead atoms. The van der Waals surface area contributed by atoms with Crippen LogP contribution in [0.5, 0.6) is 5.75 Å². The molecule has 2 aromatic heterocycles. The lowest BCUT2D eigenvalue weighted by Crippen LogP contribution is -2.48. The van der Waals surface area contributed by atoms with Gasteiger partial charge in [-0.2, -0.15) is 5.10 Å². The molecule has 1 aromatic carbocycles. The van der Waals surface area contributed by atoms with Crippen LogP contribution in [0.4, 0.5) is 0 Å². The number of halogens is 1. The van der Waals surface area contributed by atoms with Crippen LogP contribution in [0, 0.1) is 6.92 Å². The van der Waals surface area contributed by atoms with Crippen molar-refractivity contribution in [3.8, 4) is 5.75 Å². The van der Waals surface area contributed by atoms with Crippen molar-refractivity contribution in [1.82, 2.24) is 40.2 Å². The smallest absolute Gasteiger partial charge is 0.192 e. The summed E-state index contributed by atoms with van der Waals surface area (Å²) < 4.78 is 9.76. The molecule has 0 fully saturated rings. The van der Waals surface area contributed by atoms with E-state index in [9.17, 15) is 0 Å². The first kappa shape index (κ1) is 22.5. The van der Waals surface area contributed by atoms with Gasteiger partial charge in [0.1, 0.15) is 30.3 Å². The van der Waals surface area contributed by atoms with Gasteiger partial charge in [0.05, 0.1) is 19.2 Å². The quantitative estimate of drug-likeness (QED) is 0.291. The molecule has 2 atom stereocenters. The Morgan fingerprint density at radius 2 is 2.09 bits per heavy atom. The van der Waals surface area contributed by atoms with E-state index in [1.165, 1.54) is 0 Å². The molecule has 2 aliphatic rings. The number of para-hydroxylation sites is 1. The maximum Gasteiger partial charge on any atom is 0.192 e. The number of ether oxygens (including phenoxy) is 1. The highest BCUT2D eigenvalue weighted by Crippen LogP contribution is 2.31. The van der Waals surface area contributed by atoms with Crippen molar-refractivity contribution in [2.45, 2.75) is 51.4 Å². The molecule has 0 saturated heterocycles. The van der Waals surface area contributed by atoms with Crippen molar-refractivity contribution in [2.24, 2.45) is 12.0 Å². The van der Waals surface area contributed by atoms with E-state index in [1.54, 1.807) is 6.33 Å². The van der Waals surface area contributed by atoms with Gasteiger partial charge in [-0.15, -0.1) is 34.2 Å². The van der Waals surface area contributed by atoms with E-state index >= 15 is 0 Å². The molecule has 2 aliphatic heterocycles. The maximum absolute atomic E-state index is 5.82. The molecule has 10 nitrogen and oxygen atoms in total. The van der Waals surface area contributed by atoms with Crippen LogP contribution >= 0.6 is 24.0 Å². The molecule has 4 heterocycles. The molecule has 0 amide bonds. The Morgan fingerprint density at radius 3 is 2.94 bits per heavy atom. The summed E-state index contributed by atoms with van der Waals surface area (Å²) in [4.78, 5) is 9.18. The summed E-state index contributed by atoms with van der Waals surface area (Å²) in [6.07, 6.45) is 4.37. The molecule has 0 aliphatic carbocycles. The molecule has 2 unspecified atom stereocenters. The van der Waals surface area contributed by atoms with Crippen molar-refractivity contribution in [2.75, 3.05) is 6.61 Å². The molecular weight excluding hydrogens is 521 g/mol. The van der Waals surface area contributed by atoms with Gasteiger partial charge < -0.3 is 19.9 Å². The largest absolute Gasteiger partial charge is 0.493 e. The second-order valence-corrected chi connectivity index (χ2v) is 8.00. The molecule has 32 heavy (non-hydrogen) atoms. The Bertz CT molecular complexity index is 1090. The Morgan fingerprint density at radius 1 is 1.22 bits per heavy atom. The van der Waals surface area contributed by atoms with Crippen LogP contribution in [0.3, 0.4) is 0 Å². The Labute approximate surface area is 203 Å². The fraction of sp³-hybridized carbons (Fsp3) is 0.476. The fourth-order valence-corrected chi connectivity index (χ4v) is 4.08. The summed E-state index contributed by atoms with van der Waals surface area (Å²) in [6, 6.07) is 8.52. The van der Waals surface area contributed by atoms with E-state index in [2.05, 4.69) is 37.0 Å². The van der Waals surface area contributed by atoms with Crippen LogP contribution in [0.15, 0.2) is 35.6 Å². The molecule has 170 valence electrons. The molecule has 2 N–H and O–H groups in total. The van der Waals surface area contributed by atoms with Gasteiger partial charge in [-0.1, -0.05) is 18.2 Å². The summed E-state index contributed by atoms with van der Waals surface area (Å²) in [6.45, 7) is 3.83. The lowest BCUT2D eigenvalue weighted by molar-refractivity contribution is 0.261. The molecule has 0 saturated carbocycles. The summed E-state index contributed by atoms with van der Waals surface area (Å²) >= 11 is 0. The minimum atomic E-state index is 0. The Balaban J connectivity index is 0.00000245. The number of aromatic nitrogens is 6. The van der Waals surface area contributed by atoms with Gasteiger partial charge in [-0.3, -0.25) is 0 Å². The van der Waals surface area contributed by atoms with Gasteiger partial charge in [0, 0.05) is 31.5 Å². The zero-order valence-corrected chi connectivity index (χ0v) is 20.6. The monoisotopic (exact) mass is 549 g/mol. The first-order valence-corrected chi connectivity index (χ1v) is 10.7. The highest BCUT2D eigenvalue weighted by atomic mass is 127. The first-order chi connectivity index (χ1) is 15.2. The third-order valence-corrected chi connectivity index (χ3v) is 5.98. The van der Waals surface area contributed by atoms with Crippen LogP contribution < -0.4 is 15.4 Å². The number of fused-ring (bicyclic) bond motifs is 2. The topological polar surface area (TPSA) is 107 Å². The lowest BCUT2D eigenvalue weighted by atomic mass is 10.0. The summed E-state index contributed by atoms with van der Waals surface area (Å²) in [5.74, 6) is 4.43. The van der Waals surface area contributed by atoms with Crippen molar-refractivity contribution in [3.63, 3.8) is 0 Å². The maximum atomic E-state index is 5.82. The van der Waals surface area contributed by atoms with Crippen molar-refractivity contribution in [1.29, 1.82) is 0 Å². The zero-order valence-electron chi connectivity index (χ0n) is 18.2. The second kappa shape index (κ2) is 9.84. The number of nitrogens with zero attached hydrogens (tertiary/aromatic N) is 7. The number of aliphatic imine (C=N–C) groups is 1. The van der Waals surface area contributed by atoms with E-state index in [1.807, 2.05) is 41.4 Å². The lowest BCUT2D eigenvalue weighted by Gasteiger charge is -2.30. The van der Waals surface area contributed by atoms with E-state index in [-0.39, 0.29) is 36.1 Å². The van der Waals surface area contributed by atoms with Crippen LogP contribution in [0.1, 0.15) is 41.9 Å². The zero-order chi connectivity index (χ0) is 21.2. The predicted molar refractivity (Wildman–Crippen MR) is 130 cm³/mol.